The summed E-state index contributed by atoms with van der Waals surface area (Å²) < 4.78 is 5.11. The molecule has 4 heteroatoms. The van der Waals surface area contributed by atoms with Gasteiger partial charge in [-0.25, -0.2) is 0 Å². The van der Waals surface area contributed by atoms with Gasteiger partial charge in [0, 0.05) is 20.7 Å². The molecule has 0 aromatic heterocycles. The van der Waals surface area contributed by atoms with Crippen LogP contribution in [0.2, 0.25) is 0 Å². The number of carbonyl (C=O) groups is 1. The molecule has 3 unspecified atom stereocenters. The molecule has 1 aromatic carbocycles. The van der Waals surface area contributed by atoms with Crippen LogP contribution in [0.3, 0.4) is 0 Å². The molecule has 1 rings (SSSR count). The lowest BCUT2D eigenvalue weighted by Gasteiger charge is -2.29. The van der Waals surface area contributed by atoms with Crippen LogP contribution in [0, 0.1) is 5.92 Å². The maximum absolute atomic E-state index is 12.8. The van der Waals surface area contributed by atoms with Crippen LogP contribution in [0.15, 0.2) is 30.3 Å². The Morgan fingerprint density at radius 2 is 1.95 bits per heavy atom. The smallest absolute Gasteiger partial charge is 0.230 e. The van der Waals surface area contributed by atoms with Crippen molar-refractivity contribution in [3.8, 4) is 0 Å². The molecule has 0 fully saturated rings. The molecule has 1 amide bonds. The Kier molecular flexibility index (Phi) is 7.97. The molecule has 0 aliphatic rings. The van der Waals surface area contributed by atoms with Crippen LogP contribution in [-0.2, 0) is 9.53 Å². The summed E-state index contributed by atoms with van der Waals surface area (Å²) in [4.78, 5) is 14.8. The van der Waals surface area contributed by atoms with Crippen LogP contribution in [0.1, 0.15) is 31.7 Å². The Balaban J connectivity index is 2.86. The number of amides is 1. The van der Waals surface area contributed by atoms with E-state index in [9.17, 15) is 4.79 Å². The van der Waals surface area contributed by atoms with Crippen molar-refractivity contribution < 1.29 is 9.53 Å². The van der Waals surface area contributed by atoms with E-state index in [0.29, 0.717) is 19.1 Å². The van der Waals surface area contributed by atoms with E-state index in [2.05, 4.69) is 29.8 Å². The molecule has 3 atom stereocenters. The highest BCUT2D eigenvalue weighted by Crippen LogP contribution is 2.29. The Labute approximate surface area is 136 Å². The van der Waals surface area contributed by atoms with Crippen molar-refractivity contribution in [2.75, 3.05) is 27.3 Å². The van der Waals surface area contributed by atoms with E-state index in [-0.39, 0.29) is 16.7 Å². The number of hydrogen-bond acceptors (Lipinski definition) is 2. The van der Waals surface area contributed by atoms with E-state index in [1.165, 1.54) is 0 Å². The quantitative estimate of drug-likeness (QED) is 0.665. The highest BCUT2D eigenvalue weighted by Gasteiger charge is 2.28. The predicted octanol–water partition coefficient (Wildman–Crippen LogP) is 3.68. The van der Waals surface area contributed by atoms with Crippen LogP contribution in [0.4, 0.5) is 0 Å². The van der Waals surface area contributed by atoms with Gasteiger partial charge in [0.25, 0.3) is 0 Å². The van der Waals surface area contributed by atoms with Gasteiger partial charge in [-0.15, -0.1) is 0 Å². The number of likely N-dealkylation sites (N-methyl/N-ethyl adjacent to an activating group) is 1. The highest BCUT2D eigenvalue weighted by atomic mass is 79.9. The second-order valence-corrected chi connectivity index (χ2v) is 6.84. The lowest BCUT2D eigenvalue weighted by atomic mass is 9.84. The van der Waals surface area contributed by atoms with E-state index in [0.717, 1.165) is 12.0 Å². The summed E-state index contributed by atoms with van der Waals surface area (Å²) in [6, 6.07) is 10.1. The third kappa shape index (κ3) is 5.44. The van der Waals surface area contributed by atoms with Crippen molar-refractivity contribution in [2.24, 2.45) is 5.92 Å². The van der Waals surface area contributed by atoms with Gasteiger partial charge in [-0.05, 0) is 11.5 Å². The van der Waals surface area contributed by atoms with Crippen LogP contribution >= 0.6 is 15.9 Å². The van der Waals surface area contributed by atoms with Crippen LogP contribution in [0.25, 0.3) is 0 Å². The summed E-state index contributed by atoms with van der Waals surface area (Å²) >= 11 is 3.55. The topological polar surface area (TPSA) is 29.5 Å². The van der Waals surface area contributed by atoms with Crippen molar-refractivity contribution in [1.29, 1.82) is 0 Å². The monoisotopic (exact) mass is 355 g/mol. The number of methoxy groups -OCH3 is 1. The number of carbonyl (C=O) groups excluding carboxylic acids is 1. The Hall–Kier alpha value is -0.870. The second-order valence-electron chi connectivity index (χ2n) is 5.55. The molecule has 0 saturated heterocycles. The summed E-state index contributed by atoms with van der Waals surface area (Å²) in [5.41, 5.74) is 1.10. The largest absolute Gasteiger partial charge is 0.383 e. The highest BCUT2D eigenvalue weighted by molar-refractivity contribution is 9.09. The summed E-state index contributed by atoms with van der Waals surface area (Å²) in [7, 11) is 3.53. The van der Waals surface area contributed by atoms with Crippen molar-refractivity contribution in [2.45, 2.75) is 31.0 Å². The van der Waals surface area contributed by atoms with Crippen molar-refractivity contribution in [3.63, 3.8) is 0 Å². The number of rotatable bonds is 8. The maximum atomic E-state index is 12.8. The summed E-state index contributed by atoms with van der Waals surface area (Å²) in [6.45, 7) is 5.51. The van der Waals surface area contributed by atoms with E-state index in [4.69, 9.17) is 4.74 Å². The SMILES string of the molecule is CCC(C)C(C(=O)N(C)CC(Br)COC)c1ccccc1. The number of halogens is 1. The van der Waals surface area contributed by atoms with Gasteiger partial charge in [0.2, 0.25) is 5.91 Å². The first-order valence-corrected chi connectivity index (χ1v) is 8.35. The lowest BCUT2D eigenvalue weighted by Crippen LogP contribution is -2.38. The average molecular weight is 356 g/mol. The molecular weight excluding hydrogens is 330 g/mol. The summed E-state index contributed by atoms with van der Waals surface area (Å²) in [5, 5.41) is 0. The first-order chi connectivity index (χ1) is 10.0. The zero-order valence-corrected chi connectivity index (χ0v) is 15.0. The fourth-order valence-corrected chi connectivity index (χ4v) is 3.17. The Morgan fingerprint density at radius 3 is 2.48 bits per heavy atom. The molecule has 0 aliphatic carbocycles. The number of nitrogens with zero attached hydrogens (tertiary/aromatic N) is 1. The van der Waals surface area contributed by atoms with Gasteiger partial charge < -0.3 is 9.64 Å². The van der Waals surface area contributed by atoms with E-state index in [1.54, 1.807) is 7.11 Å². The zero-order chi connectivity index (χ0) is 15.8. The summed E-state index contributed by atoms with van der Waals surface area (Å²) in [6.07, 6.45) is 0.981. The fourth-order valence-electron chi connectivity index (χ4n) is 2.47. The van der Waals surface area contributed by atoms with Gasteiger partial charge in [0.05, 0.1) is 17.4 Å². The molecule has 0 heterocycles. The third-order valence-electron chi connectivity index (χ3n) is 3.83. The first-order valence-electron chi connectivity index (χ1n) is 7.44. The summed E-state index contributed by atoms with van der Waals surface area (Å²) in [5.74, 6) is 0.415. The molecule has 0 aliphatic heterocycles. The van der Waals surface area contributed by atoms with Crippen LogP contribution in [-0.4, -0.2) is 42.9 Å². The minimum Gasteiger partial charge on any atom is -0.383 e. The molecule has 0 spiro atoms. The van der Waals surface area contributed by atoms with E-state index in [1.807, 2.05) is 42.3 Å². The molecular formula is C17H26BrNO2. The Morgan fingerprint density at radius 1 is 1.33 bits per heavy atom. The van der Waals surface area contributed by atoms with Gasteiger partial charge in [0.15, 0.2) is 0 Å². The van der Waals surface area contributed by atoms with Crippen molar-refractivity contribution >= 4 is 21.8 Å². The van der Waals surface area contributed by atoms with Gasteiger partial charge in [-0.1, -0.05) is 66.5 Å². The van der Waals surface area contributed by atoms with E-state index >= 15 is 0 Å². The number of ether oxygens (including phenoxy) is 1. The van der Waals surface area contributed by atoms with E-state index < -0.39 is 0 Å². The van der Waals surface area contributed by atoms with Crippen molar-refractivity contribution in [3.05, 3.63) is 35.9 Å². The zero-order valence-electron chi connectivity index (χ0n) is 13.4. The van der Waals surface area contributed by atoms with Gasteiger partial charge in [-0.3, -0.25) is 4.79 Å². The normalized spacial score (nSPS) is 15.3. The third-order valence-corrected chi connectivity index (χ3v) is 4.39. The molecule has 0 N–H and O–H groups in total. The van der Waals surface area contributed by atoms with Crippen LogP contribution < -0.4 is 0 Å². The first kappa shape index (κ1) is 18.2. The van der Waals surface area contributed by atoms with Crippen molar-refractivity contribution in [1.82, 2.24) is 4.90 Å². The molecule has 118 valence electrons. The molecule has 0 bridgehead atoms. The molecule has 0 saturated carbocycles. The van der Waals surface area contributed by atoms with Gasteiger partial charge >= 0.3 is 0 Å². The molecule has 21 heavy (non-hydrogen) atoms. The fraction of sp³-hybridized carbons (Fsp3) is 0.588. The number of hydrogen-bond donors (Lipinski definition) is 0. The number of alkyl halides is 1. The molecule has 1 aromatic rings. The minimum atomic E-state index is -0.0801. The predicted molar refractivity (Wildman–Crippen MR) is 90.9 cm³/mol. The van der Waals surface area contributed by atoms with Gasteiger partial charge in [0.1, 0.15) is 0 Å². The minimum absolute atomic E-state index is 0.0801. The number of benzene rings is 1. The standard InChI is InChI=1S/C17H26BrNO2/c1-5-13(2)16(14-9-7-6-8-10-14)17(20)19(3)11-15(18)12-21-4/h6-10,13,15-16H,5,11-12H2,1-4H3. The second kappa shape index (κ2) is 9.21. The average Bonchev–Trinajstić information content (AvgIpc) is 2.48. The maximum Gasteiger partial charge on any atom is 0.230 e. The molecule has 0 radical (unpaired) electrons. The Bertz CT molecular complexity index is 424. The lowest BCUT2D eigenvalue weighted by molar-refractivity contribution is -0.132. The van der Waals surface area contributed by atoms with Gasteiger partial charge in [-0.2, -0.15) is 0 Å². The molecule has 3 nitrogen and oxygen atoms in total. The van der Waals surface area contributed by atoms with Crippen LogP contribution in [0.5, 0.6) is 0 Å².